The van der Waals surface area contributed by atoms with Gasteiger partial charge in [-0.05, 0) is 77.7 Å². The van der Waals surface area contributed by atoms with Crippen molar-refractivity contribution in [1.82, 2.24) is 9.29 Å². The number of aromatic carboxylic acids is 1. The standard InChI is InChI=1S/C33H31ClN2O5S.C7H6S/c1-22(35-42(2,39)40)31-28(19-20-41-27-16-13-25(14-17-27)33(37)38)29-21-26(34)15-18-30(29)36(31)32(23-9-5-3-6-10-23)24-11-7-4-8-12-24;1-2-4-7-6(3-1)5-8-7/h3-18,21-22,32,35H,19-20H2,1-2H3,(H,37,38);1-4H,5H2. The summed E-state index contributed by atoms with van der Waals surface area (Å²) in [7, 11) is -3.55. The number of ether oxygens (including phenoxy) is 1. The van der Waals surface area contributed by atoms with Crippen molar-refractivity contribution in [3.63, 3.8) is 0 Å². The Labute approximate surface area is 301 Å². The summed E-state index contributed by atoms with van der Waals surface area (Å²) in [6, 6.07) is 39.9. The minimum absolute atomic E-state index is 0.177. The third-order valence-electron chi connectivity index (χ3n) is 8.48. The fourth-order valence-electron chi connectivity index (χ4n) is 6.33. The highest BCUT2D eigenvalue weighted by molar-refractivity contribution is 8.00. The van der Waals surface area contributed by atoms with Gasteiger partial charge in [0.2, 0.25) is 10.0 Å². The van der Waals surface area contributed by atoms with Gasteiger partial charge in [0.1, 0.15) is 5.75 Å². The van der Waals surface area contributed by atoms with Gasteiger partial charge in [0.05, 0.1) is 30.5 Å². The lowest BCUT2D eigenvalue weighted by Crippen LogP contribution is -2.29. The molecule has 0 amide bonds. The second-order valence-corrected chi connectivity index (χ2v) is 15.3. The number of thioether (sulfide) groups is 1. The highest BCUT2D eigenvalue weighted by Crippen LogP contribution is 2.40. The molecule has 0 bridgehead atoms. The number of fused-ring (bicyclic) bond motifs is 2. The Bertz CT molecular complexity index is 2140. The van der Waals surface area contributed by atoms with Crippen LogP contribution in [0.5, 0.6) is 5.75 Å². The quantitative estimate of drug-likeness (QED) is 0.138. The van der Waals surface area contributed by atoms with Gasteiger partial charge in [-0.15, -0.1) is 11.8 Å². The number of carboxylic acid groups (broad SMARTS) is 1. The van der Waals surface area contributed by atoms with Crippen LogP contribution in [0.1, 0.15) is 57.3 Å². The maximum atomic E-state index is 12.5. The highest BCUT2D eigenvalue weighted by Gasteiger charge is 2.29. The molecule has 256 valence electrons. The summed E-state index contributed by atoms with van der Waals surface area (Å²) in [4.78, 5) is 12.7. The molecule has 10 heteroatoms. The summed E-state index contributed by atoms with van der Waals surface area (Å²) in [5, 5.41) is 10.7. The largest absolute Gasteiger partial charge is 0.493 e. The van der Waals surface area contributed by atoms with Crippen molar-refractivity contribution in [2.75, 3.05) is 12.9 Å². The first-order chi connectivity index (χ1) is 24.1. The molecule has 1 unspecified atom stereocenters. The fourth-order valence-corrected chi connectivity index (χ4v) is 8.07. The molecule has 2 N–H and O–H groups in total. The van der Waals surface area contributed by atoms with E-state index in [-0.39, 0.29) is 18.2 Å². The molecule has 0 saturated heterocycles. The highest BCUT2D eigenvalue weighted by atomic mass is 35.5. The molecular formula is C40H37ClN2O5S2. The van der Waals surface area contributed by atoms with E-state index >= 15 is 0 Å². The van der Waals surface area contributed by atoms with Gasteiger partial charge < -0.3 is 14.4 Å². The lowest BCUT2D eigenvalue weighted by Gasteiger charge is -2.27. The van der Waals surface area contributed by atoms with E-state index < -0.39 is 22.0 Å². The van der Waals surface area contributed by atoms with E-state index in [0.717, 1.165) is 39.5 Å². The Morgan fingerprint density at radius 1 is 0.900 bits per heavy atom. The van der Waals surface area contributed by atoms with Crippen molar-refractivity contribution in [2.45, 2.75) is 36.1 Å². The molecule has 5 aromatic carbocycles. The molecule has 0 fully saturated rings. The van der Waals surface area contributed by atoms with Crippen LogP contribution in [0, 0.1) is 0 Å². The number of nitrogens with zero attached hydrogens (tertiary/aromatic N) is 1. The first kappa shape index (κ1) is 35.3. The van der Waals surface area contributed by atoms with Gasteiger partial charge in [-0.2, -0.15) is 0 Å². The van der Waals surface area contributed by atoms with Gasteiger partial charge in [0.25, 0.3) is 0 Å². The van der Waals surface area contributed by atoms with Gasteiger partial charge in [0, 0.05) is 38.7 Å². The number of carboxylic acids is 1. The third kappa shape index (κ3) is 8.25. The second kappa shape index (κ2) is 15.6. The average Bonchev–Trinajstić information content (AvgIpc) is 3.39. The van der Waals surface area contributed by atoms with Crippen LogP contribution in [0.3, 0.4) is 0 Å². The summed E-state index contributed by atoms with van der Waals surface area (Å²) in [5.74, 6) is 0.752. The Morgan fingerprint density at radius 3 is 2.04 bits per heavy atom. The van der Waals surface area contributed by atoms with Crippen molar-refractivity contribution in [2.24, 2.45) is 0 Å². The van der Waals surface area contributed by atoms with E-state index in [1.54, 1.807) is 12.1 Å². The third-order valence-corrected chi connectivity index (χ3v) is 10.7. The molecule has 1 aromatic heterocycles. The molecule has 0 radical (unpaired) electrons. The van der Waals surface area contributed by atoms with Crippen molar-refractivity contribution >= 4 is 50.3 Å². The van der Waals surface area contributed by atoms with Gasteiger partial charge in [-0.1, -0.05) is 90.5 Å². The number of halogens is 1. The van der Waals surface area contributed by atoms with E-state index in [2.05, 4.69) is 57.8 Å². The molecule has 0 spiro atoms. The average molecular weight is 725 g/mol. The summed E-state index contributed by atoms with van der Waals surface area (Å²) in [5.41, 5.74) is 6.41. The first-order valence-corrected chi connectivity index (χ1v) is 19.4. The summed E-state index contributed by atoms with van der Waals surface area (Å²) in [6.07, 6.45) is 1.61. The molecule has 1 aliphatic rings. The zero-order valence-electron chi connectivity index (χ0n) is 27.6. The predicted octanol–water partition coefficient (Wildman–Crippen LogP) is 9.15. The Balaban J connectivity index is 0.000000469. The number of aromatic nitrogens is 1. The summed E-state index contributed by atoms with van der Waals surface area (Å²) >= 11 is 8.45. The predicted molar refractivity (Wildman–Crippen MR) is 202 cm³/mol. The maximum absolute atomic E-state index is 12.5. The lowest BCUT2D eigenvalue weighted by atomic mass is 9.97. The van der Waals surface area contributed by atoms with Crippen LogP contribution < -0.4 is 9.46 Å². The van der Waals surface area contributed by atoms with E-state index in [9.17, 15) is 18.3 Å². The molecule has 0 saturated carbocycles. The SMILES string of the molecule is CC(NS(C)(=O)=O)c1c(CCOc2ccc(C(=O)O)cc2)c2cc(Cl)ccc2n1C(c1ccccc1)c1ccccc1.c1ccc2c(c1)CS2. The molecule has 50 heavy (non-hydrogen) atoms. The zero-order valence-corrected chi connectivity index (χ0v) is 30.0. The van der Waals surface area contributed by atoms with Crippen LogP contribution in [0.4, 0.5) is 0 Å². The van der Waals surface area contributed by atoms with Gasteiger partial charge in [0.15, 0.2) is 0 Å². The maximum Gasteiger partial charge on any atom is 0.335 e. The Kier molecular flexibility index (Phi) is 11.0. The van der Waals surface area contributed by atoms with Crippen LogP contribution >= 0.6 is 23.4 Å². The number of hydrogen-bond acceptors (Lipinski definition) is 5. The second-order valence-electron chi connectivity index (χ2n) is 12.1. The first-order valence-electron chi connectivity index (χ1n) is 16.2. The molecule has 7 nitrogen and oxygen atoms in total. The number of sulfonamides is 1. The number of nitrogens with one attached hydrogen (secondary N) is 1. The number of rotatable bonds is 11. The minimum Gasteiger partial charge on any atom is -0.493 e. The molecule has 7 rings (SSSR count). The molecule has 6 aromatic rings. The summed E-state index contributed by atoms with van der Waals surface area (Å²) in [6.45, 7) is 2.12. The van der Waals surface area contributed by atoms with E-state index in [4.69, 9.17) is 16.3 Å². The monoisotopic (exact) mass is 724 g/mol. The number of benzene rings is 5. The van der Waals surface area contributed by atoms with Crippen LogP contribution in [0.2, 0.25) is 5.02 Å². The molecule has 1 aliphatic heterocycles. The van der Waals surface area contributed by atoms with Gasteiger partial charge >= 0.3 is 5.97 Å². The van der Waals surface area contributed by atoms with Crippen LogP contribution in [0.25, 0.3) is 10.9 Å². The smallest absolute Gasteiger partial charge is 0.335 e. The van der Waals surface area contributed by atoms with E-state index in [1.807, 2.05) is 73.3 Å². The van der Waals surface area contributed by atoms with Crippen LogP contribution in [-0.2, 0) is 22.2 Å². The normalized spacial score (nSPS) is 12.8. The van der Waals surface area contributed by atoms with E-state index in [0.29, 0.717) is 17.2 Å². The van der Waals surface area contributed by atoms with Crippen molar-refractivity contribution < 1.29 is 23.1 Å². The molecule has 0 aliphatic carbocycles. The van der Waals surface area contributed by atoms with Crippen LogP contribution in [-0.4, -0.2) is 36.9 Å². The Morgan fingerprint density at radius 2 is 1.52 bits per heavy atom. The molecule has 1 atom stereocenters. The lowest BCUT2D eigenvalue weighted by molar-refractivity contribution is 0.0697. The van der Waals surface area contributed by atoms with Crippen molar-refractivity contribution in [3.05, 3.63) is 166 Å². The summed E-state index contributed by atoms with van der Waals surface area (Å²) < 4.78 is 36.0. The Hall–Kier alpha value is -4.54. The molecular weight excluding hydrogens is 688 g/mol. The minimum atomic E-state index is -3.55. The van der Waals surface area contributed by atoms with Crippen LogP contribution in [0.15, 0.2) is 132 Å². The van der Waals surface area contributed by atoms with Crippen molar-refractivity contribution in [1.29, 1.82) is 0 Å². The van der Waals surface area contributed by atoms with Gasteiger partial charge in [-0.3, -0.25) is 0 Å². The number of hydrogen-bond donors (Lipinski definition) is 2. The topological polar surface area (TPSA) is 97.6 Å². The fraction of sp³-hybridized carbons (Fsp3) is 0.175. The number of carbonyl (C=O) groups is 1. The molecule has 2 heterocycles. The van der Waals surface area contributed by atoms with E-state index in [1.165, 1.54) is 28.3 Å². The van der Waals surface area contributed by atoms with Crippen molar-refractivity contribution in [3.8, 4) is 5.75 Å². The zero-order chi connectivity index (χ0) is 35.3. The van der Waals surface area contributed by atoms with Gasteiger partial charge in [-0.25, -0.2) is 17.9 Å².